The van der Waals surface area contributed by atoms with Crippen molar-refractivity contribution in [1.82, 2.24) is 15.2 Å². The second-order valence-electron chi connectivity index (χ2n) is 3.36. The molecule has 0 saturated carbocycles. The van der Waals surface area contributed by atoms with Gasteiger partial charge in [-0.15, -0.1) is 10.2 Å². The Morgan fingerprint density at radius 1 is 1.13 bits per heavy atom. The first-order chi connectivity index (χ1) is 7.18. The van der Waals surface area contributed by atoms with Gasteiger partial charge in [-0.1, -0.05) is 18.2 Å². The van der Waals surface area contributed by atoms with E-state index in [1.54, 1.807) is 6.20 Å². The first kappa shape index (κ1) is 10.2. The molecule has 0 bridgehead atoms. The molecule has 0 fully saturated rings. The van der Waals surface area contributed by atoms with Crippen LogP contribution < -0.4 is 0 Å². The minimum absolute atomic E-state index is 0.511. The Morgan fingerprint density at radius 2 is 1.93 bits per heavy atom. The topological polar surface area (TPSA) is 38.7 Å². The van der Waals surface area contributed by atoms with Crippen LogP contribution >= 0.6 is 15.9 Å². The lowest BCUT2D eigenvalue weighted by molar-refractivity contribution is 0.940. The fourth-order valence-corrected chi connectivity index (χ4v) is 1.59. The van der Waals surface area contributed by atoms with Crippen LogP contribution in [0.15, 0.2) is 29.1 Å². The van der Waals surface area contributed by atoms with E-state index in [9.17, 15) is 0 Å². The SMILES string of the molecule is Cc1cccc(-c2cnc(Br)nn2)c1C. The van der Waals surface area contributed by atoms with Gasteiger partial charge in [0.15, 0.2) is 0 Å². The zero-order valence-corrected chi connectivity index (χ0v) is 10.1. The Labute approximate surface area is 96.7 Å². The van der Waals surface area contributed by atoms with E-state index < -0.39 is 0 Å². The van der Waals surface area contributed by atoms with Crippen molar-refractivity contribution >= 4 is 15.9 Å². The lowest BCUT2D eigenvalue weighted by Crippen LogP contribution is -1.94. The van der Waals surface area contributed by atoms with Crippen molar-refractivity contribution in [1.29, 1.82) is 0 Å². The van der Waals surface area contributed by atoms with Crippen molar-refractivity contribution in [2.24, 2.45) is 0 Å². The third-order valence-corrected chi connectivity index (χ3v) is 2.78. The number of hydrogen-bond donors (Lipinski definition) is 0. The van der Waals surface area contributed by atoms with Gasteiger partial charge in [-0.25, -0.2) is 4.98 Å². The van der Waals surface area contributed by atoms with Crippen LogP contribution in [-0.2, 0) is 0 Å². The number of aryl methyl sites for hydroxylation is 1. The number of nitrogens with zero attached hydrogens (tertiary/aromatic N) is 3. The molecule has 2 rings (SSSR count). The molecule has 15 heavy (non-hydrogen) atoms. The second kappa shape index (κ2) is 4.06. The van der Waals surface area contributed by atoms with Crippen LogP contribution in [0.5, 0.6) is 0 Å². The van der Waals surface area contributed by atoms with Crippen molar-refractivity contribution in [2.45, 2.75) is 13.8 Å². The minimum Gasteiger partial charge on any atom is -0.227 e. The minimum atomic E-state index is 0.511. The van der Waals surface area contributed by atoms with Gasteiger partial charge in [-0.3, -0.25) is 0 Å². The summed E-state index contributed by atoms with van der Waals surface area (Å²) in [6, 6.07) is 6.13. The van der Waals surface area contributed by atoms with Gasteiger partial charge in [0, 0.05) is 5.56 Å². The van der Waals surface area contributed by atoms with Crippen LogP contribution in [0.3, 0.4) is 0 Å². The molecule has 4 heteroatoms. The van der Waals surface area contributed by atoms with Gasteiger partial charge in [-0.05, 0) is 40.9 Å². The maximum atomic E-state index is 4.09. The van der Waals surface area contributed by atoms with E-state index in [1.165, 1.54) is 11.1 Å². The molecule has 1 aromatic heterocycles. The molecule has 0 N–H and O–H groups in total. The standard InChI is InChI=1S/C11H10BrN3/c1-7-4-3-5-9(8(7)2)10-6-13-11(12)15-14-10/h3-6H,1-2H3. The van der Waals surface area contributed by atoms with Crippen LogP contribution in [0.1, 0.15) is 11.1 Å². The van der Waals surface area contributed by atoms with Crippen LogP contribution in [0.4, 0.5) is 0 Å². The van der Waals surface area contributed by atoms with Crippen LogP contribution in [0, 0.1) is 13.8 Å². The summed E-state index contributed by atoms with van der Waals surface area (Å²) in [7, 11) is 0. The highest BCUT2D eigenvalue weighted by Crippen LogP contribution is 2.22. The fraction of sp³-hybridized carbons (Fsp3) is 0.182. The lowest BCUT2D eigenvalue weighted by atomic mass is 10.0. The Bertz CT molecular complexity index is 480. The highest BCUT2D eigenvalue weighted by atomic mass is 79.9. The van der Waals surface area contributed by atoms with Crippen molar-refractivity contribution in [2.75, 3.05) is 0 Å². The molecular weight excluding hydrogens is 254 g/mol. The molecular formula is C11H10BrN3. The highest BCUT2D eigenvalue weighted by Gasteiger charge is 2.05. The quantitative estimate of drug-likeness (QED) is 0.794. The summed E-state index contributed by atoms with van der Waals surface area (Å²) in [5.74, 6) is 0. The predicted octanol–water partition coefficient (Wildman–Crippen LogP) is 2.92. The molecule has 2 aromatic rings. The highest BCUT2D eigenvalue weighted by molar-refractivity contribution is 9.10. The molecule has 0 spiro atoms. The summed E-state index contributed by atoms with van der Waals surface area (Å²) < 4.78 is 0.511. The molecule has 0 radical (unpaired) electrons. The Hall–Kier alpha value is -1.29. The van der Waals surface area contributed by atoms with Crippen LogP contribution in [0.2, 0.25) is 0 Å². The first-order valence-electron chi connectivity index (χ1n) is 4.60. The van der Waals surface area contributed by atoms with Crippen molar-refractivity contribution in [3.63, 3.8) is 0 Å². The number of benzene rings is 1. The van der Waals surface area contributed by atoms with Crippen molar-refractivity contribution in [3.8, 4) is 11.3 Å². The molecule has 1 heterocycles. The molecule has 0 aliphatic carbocycles. The monoisotopic (exact) mass is 263 g/mol. The number of halogens is 1. The van der Waals surface area contributed by atoms with Gasteiger partial charge in [0.25, 0.3) is 0 Å². The van der Waals surface area contributed by atoms with Gasteiger partial charge in [0.2, 0.25) is 4.73 Å². The number of rotatable bonds is 1. The summed E-state index contributed by atoms with van der Waals surface area (Å²) in [6.45, 7) is 4.16. The van der Waals surface area contributed by atoms with E-state index in [0.29, 0.717) is 4.73 Å². The van der Waals surface area contributed by atoms with Crippen LogP contribution in [0.25, 0.3) is 11.3 Å². The van der Waals surface area contributed by atoms with E-state index in [1.807, 2.05) is 12.1 Å². The predicted molar refractivity (Wildman–Crippen MR) is 62.4 cm³/mol. The summed E-state index contributed by atoms with van der Waals surface area (Å²) in [5, 5.41) is 7.97. The molecule has 0 atom stereocenters. The smallest absolute Gasteiger partial charge is 0.217 e. The molecule has 3 nitrogen and oxygen atoms in total. The van der Waals surface area contributed by atoms with Gasteiger partial charge in [0.05, 0.1) is 6.20 Å². The van der Waals surface area contributed by atoms with Crippen molar-refractivity contribution in [3.05, 3.63) is 40.3 Å². The Morgan fingerprint density at radius 3 is 2.60 bits per heavy atom. The third kappa shape index (κ3) is 2.04. The van der Waals surface area contributed by atoms with Gasteiger partial charge in [0.1, 0.15) is 5.69 Å². The maximum Gasteiger partial charge on any atom is 0.217 e. The molecule has 1 aromatic carbocycles. The summed E-state index contributed by atoms with van der Waals surface area (Å²) in [5.41, 5.74) is 4.36. The maximum absolute atomic E-state index is 4.09. The second-order valence-corrected chi connectivity index (χ2v) is 4.07. The zero-order valence-electron chi connectivity index (χ0n) is 8.53. The van der Waals surface area contributed by atoms with Crippen molar-refractivity contribution < 1.29 is 0 Å². The first-order valence-corrected chi connectivity index (χ1v) is 5.39. The fourth-order valence-electron chi connectivity index (χ4n) is 1.41. The summed E-state index contributed by atoms with van der Waals surface area (Å²) in [4.78, 5) is 4.07. The number of hydrogen-bond acceptors (Lipinski definition) is 3. The van der Waals surface area contributed by atoms with E-state index >= 15 is 0 Å². The van der Waals surface area contributed by atoms with Gasteiger partial charge in [-0.2, -0.15) is 0 Å². The Balaban J connectivity index is 2.54. The molecule has 0 aliphatic heterocycles. The molecule has 0 saturated heterocycles. The summed E-state index contributed by atoms with van der Waals surface area (Å²) >= 11 is 3.17. The lowest BCUT2D eigenvalue weighted by Gasteiger charge is -2.06. The average molecular weight is 264 g/mol. The van der Waals surface area contributed by atoms with Crippen LogP contribution in [-0.4, -0.2) is 15.2 Å². The average Bonchev–Trinajstić information content (AvgIpc) is 2.24. The molecule has 76 valence electrons. The molecule has 0 amide bonds. The number of aromatic nitrogens is 3. The van der Waals surface area contributed by atoms with E-state index in [4.69, 9.17) is 0 Å². The van der Waals surface area contributed by atoms with E-state index in [2.05, 4.69) is 51.0 Å². The van der Waals surface area contributed by atoms with E-state index in [0.717, 1.165) is 11.3 Å². The van der Waals surface area contributed by atoms with E-state index in [-0.39, 0.29) is 0 Å². The van der Waals surface area contributed by atoms with Gasteiger partial charge < -0.3 is 0 Å². The Kier molecular flexibility index (Phi) is 2.77. The largest absolute Gasteiger partial charge is 0.227 e. The molecule has 0 aliphatic rings. The summed E-state index contributed by atoms with van der Waals surface area (Å²) in [6.07, 6.45) is 1.72. The normalized spacial score (nSPS) is 10.3. The third-order valence-electron chi connectivity index (χ3n) is 2.41. The zero-order chi connectivity index (χ0) is 10.8. The molecule has 0 unspecified atom stereocenters. The van der Waals surface area contributed by atoms with Gasteiger partial charge >= 0.3 is 0 Å².